The van der Waals surface area contributed by atoms with Gasteiger partial charge in [-0.05, 0) is 33.2 Å². The van der Waals surface area contributed by atoms with Crippen molar-refractivity contribution in [2.24, 2.45) is 0 Å². The lowest BCUT2D eigenvalue weighted by Crippen LogP contribution is -2.70. The van der Waals surface area contributed by atoms with Crippen molar-refractivity contribution in [2.75, 3.05) is 0 Å². The first-order valence-corrected chi connectivity index (χ1v) is 17.7. The minimum Gasteiger partial charge on any atom is -0.278 e. The van der Waals surface area contributed by atoms with E-state index in [1.54, 1.807) is 0 Å². The average Bonchev–Trinajstić information content (AvgIpc) is 3.80. The van der Waals surface area contributed by atoms with E-state index in [-0.39, 0.29) is 12.8 Å². The summed E-state index contributed by atoms with van der Waals surface area (Å²) < 4.78 is 245. The highest BCUT2D eigenvalue weighted by Crippen LogP contribution is 2.38. The third kappa shape index (κ3) is 5.17. The molecule has 4 nitrogen and oxygen atoms in total. The highest BCUT2D eigenvalue weighted by molar-refractivity contribution is 7.12. The van der Waals surface area contributed by atoms with Gasteiger partial charge in [0.2, 0.25) is 5.95 Å². The minimum absolute atomic E-state index is 0.0704. The maximum Gasteiger partial charge on any atom is 0.238 e. The van der Waals surface area contributed by atoms with E-state index >= 15 is 0 Å². The fourth-order valence-corrected chi connectivity index (χ4v) is 11.6. The van der Waals surface area contributed by atoms with Crippen molar-refractivity contribution in [1.82, 2.24) is 19.5 Å². The number of nitrogens with zero attached hydrogens (tertiary/aromatic N) is 4. The number of fused-ring (bicyclic) bond motifs is 3. The number of aromatic nitrogens is 4. The van der Waals surface area contributed by atoms with Gasteiger partial charge < -0.3 is 0 Å². The Hall–Kier alpha value is -5.65. The molecule has 242 valence electrons. The summed E-state index contributed by atoms with van der Waals surface area (Å²) in [5, 5.41) is -2.83. The Morgan fingerprint density at radius 1 is 0.480 bits per heavy atom. The molecule has 1 aliphatic rings. The summed E-state index contributed by atoms with van der Waals surface area (Å²) in [6.07, 6.45) is 1.46. The highest BCUT2D eigenvalue weighted by atomic mass is 28.3. The third-order valence-electron chi connectivity index (χ3n) is 8.83. The molecular formula is C45H38N4Si. The largest absolute Gasteiger partial charge is 0.278 e. The molecule has 0 radical (unpaired) electrons. The normalized spacial score (nSPS) is 21.5. The Bertz CT molecular complexity index is 3730. The van der Waals surface area contributed by atoms with E-state index in [0.29, 0.717) is 19.3 Å². The van der Waals surface area contributed by atoms with Crippen molar-refractivity contribution >= 4 is 45.4 Å². The van der Waals surface area contributed by atoms with Gasteiger partial charge in [0, 0.05) is 21.9 Å². The van der Waals surface area contributed by atoms with Gasteiger partial charge in [-0.1, -0.05) is 183 Å². The van der Waals surface area contributed by atoms with Crippen LogP contribution in [0.2, 0.25) is 5.54 Å². The van der Waals surface area contributed by atoms with Gasteiger partial charge in [-0.3, -0.25) is 4.57 Å². The number of hydrogen-bond acceptors (Lipinski definition) is 3. The Morgan fingerprint density at radius 3 is 1.56 bits per heavy atom. The molecule has 9 rings (SSSR count). The Balaban J connectivity index is 1.57. The van der Waals surface area contributed by atoms with Crippen LogP contribution in [0.25, 0.3) is 50.5 Å². The van der Waals surface area contributed by atoms with Crippen molar-refractivity contribution < 1.29 is 37.0 Å². The molecule has 0 atom stereocenters. The van der Waals surface area contributed by atoms with Gasteiger partial charge in [0.1, 0.15) is 0 Å². The van der Waals surface area contributed by atoms with Crippen LogP contribution in [0, 0.1) is 0 Å². The molecule has 8 aromatic rings. The summed E-state index contributed by atoms with van der Waals surface area (Å²) in [7, 11) is -5.34. The van der Waals surface area contributed by atoms with Gasteiger partial charge in [-0.15, -0.1) is 0 Å². The first-order valence-electron chi connectivity index (χ1n) is 29.1. The maximum atomic E-state index is 10.3. The smallest absolute Gasteiger partial charge is 0.238 e. The van der Waals surface area contributed by atoms with Crippen LogP contribution in [-0.2, 0) is 0 Å². The Labute approximate surface area is 332 Å². The summed E-state index contributed by atoms with van der Waals surface area (Å²) in [6.45, 7) is 0. The van der Waals surface area contributed by atoms with Crippen molar-refractivity contribution in [1.29, 1.82) is 0 Å². The van der Waals surface area contributed by atoms with Crippen LogP contribution >= 0.6 is 0 Å². The number of rotatable bonds is 7. The van der Waals surface area contributed by atoms with Crippen LogP contribution in [0.1, 0.15) is 69.1 Å². The molecule has 6 aromatic carbocycles. The molecule has 1 saturated carbocycles. The Morgan fingerprint density at radius 2 is 0.960 bits per heavy atom. The number of para-hydroxylation sites is 2. The second-order valence-electron chi connectivity index (χ2n) is 11.5. The van der Waals surface area contributed by atoms with Crippen molar-refractivity contribution in [3.8, 4) is 28.7 Å². The van der Waals surface area contributed by atoms with Crippen LogP contribution in [0.4, 0.5) is 0 Å². The topological polar surface area (TPSA) is 43.6 Å². The summed E-state index contributed by atoms with van der Waals surface area (Å²) >= 11 is 0. The average molecular weight is 690 g/mol. The van der Waals surface area contributed by atoms with Crippen molar-refractivity contribution in [3.05, 3.63) is 163 Å². The predicted molar refractivity (Wildman–Crippen MR) is 209 cm³/mol. The van der Waals surface area contributed by atoms with Crippen LogP contribution in [-0.4, -0.2) is 27.6 Å². The molecule has 50 heavy (non-hydrogen) atoms. The van der Waals surface area contributed by atoms with E-state index in [4.69, 9.17) is 26.0 Å². The van der Waals surface area contributed by atoms with E-state index in [1.165, 1.54) is 0 Å². The minimum atomic E-state index is -5.34. The first-order chi connectivity index (χ1) is 36.0. The molecule has 0 aliphatic heterocycles. The predicted octanol–water partition coefficient (Wildman–Crippen LogP) is 9.11. The van der Waals surface area contributed by atoms with E-state index in [9.17, 15) is 11.0 Å². The summed E-state index contributed by atoms with van der Waals surface area (Å²) in [5.74, 6) is -2.67. The molecule has 1 aliphatic carbocycles. The van der Waals surface area contributed by atoms with E-state index in [0.717, 1.165) is 4.57 Å². The van der Waals surface area contributed by atoms with Gasteiger partial charge in [0.25, 0.3) is 0 Å². The van der Waals surface area contributed by atoms with Crippen LogP contribution in [0.5, 0.6) is 0 Å². The lowest BCUT2D eigenvalue weighted by molar-refractivity contribution is 0.497. The number of hydrogen-bond donors (Lipinski definition) is 0. The molecule has 0 amide bonds. The SMILES string of the molecule is [2H]c1c([2H])c([2H])c(-c2nc(-c3c([2H])c([2H])c([2H])c([Si](c4c([2H])c([2H])c([2H])c([2H])c4[2H])(c4c([2H])c([2H])c([2H])c([2H])c4[2H])C4CCCCC4)c3[2H])nc(-n3c4c([2H])c([2H])c([2H])c([2H])c4c4c([2H])c([2H])c([2H])c([2H])c43)n2)c([2H])c1[2H]. The lowest BCUT2D eigenvalue weighted by atomic mass is 10.0. The van der Waals surface area contributed by atoms with Crippen molar-refractivity contribution in [3.63, 3.8) is 0 Å². The third-order valence-corrected chi connectivity index (χ3v) is 13.7. The quantitative estimate of drug-likeness (QED) is 0.124. The van der Waals surface area contributed by atoms with Gasteiger partial charge >= 0.3 is 0 Å². The van der Waals surface area contributed by atoms with Gasteiger partial charge in [-0.25, -0.2) is 4.98 Å². The molecule has 0 spiro atoms. The molecule has 0 bridgehead atoms. The molecule has 0 unspecified atom stereocenters. The second-order valence-corrected chi connectivity index (χ2v) is 15.4. The molecule has 2 aromatic heterocycles. The van der Waals surface area contributed by atoms with E-state index in [1.807, 2.05) is 0 Å². The van der Waals surface area contributed by atoms with E-state index < -0.39 is 243 Å². The standard InChI is InChI=1S/C45H38N4Si/c1-5-18-33(19-6-1)43-46-44(48-45(47-43)49-41-30-15-13-28-39(41)40-29-14-16-31-42(40)49)34-20-17-27-38(32-34)50(35-21-7-2-8-22-35,36-23-9-3-10-24-36)37-25-11-4-12-26-37/h1-3,5-10,13-24,27-32,37H,4,11-12,25-26H2/i1D,2D,3D,5D,6D,7D,8D,9D,10D,13D,14D,15D,16D,17D,18D,19D,20D,21D,22D,23D,24D,27D,28D,29D,30D,31D,32D. The van der Waals surface area contributed by atoms with Crippen molar-refractivity contribution in [2.45, 2.75) is 37.6 Å². The molecule has 0 N–H and O–H groups in total. The Kier molecular flexibility index (Phi) is 3.44. The molecular weight excluding hydrogens is 625 g/mol. The first kappa shape index (κ1) is 13.2. The molecule has 1 fully saturated rings. The molecule has 2 heterocycles. The second kappa shape index (κ2) is 13.0. The van der Waals surface area contributed by atoms with Gasteiger partial charge in [-0.2, -0.15) is 9.97 Å². The zero-order valence-corrected chi connectivity index (χ0v) is 26.9. The summed E-state index contributed by atoms with van der Waals surface area (Å²) in [5.41, 5.74) is -3.85. The fraction of sp³-hybridized carbons (Fsp3) is 0.133. The van der Waals surface area contributed by atoms with Crippen LogP contribution in [0.15, 0.2) is 163 Å². The number of benzene rings is 6. The van der Waals surface area contributed by atoms with Crippen LogP contribution < -0.4 is 15.6 Å². The maximum absolute atomic E-state index is 10.3. The van der Waals surface area contributed by atoms with Crippen LogP contribution in [0.3, 0.4) is 0 Å². The zero-order valence-electron chi connectivity index (χ0n) is 52.9. The monoisotopic (exact) mass is 689 g/mol. The molecule has 0 saturated heterocycles. The summed E-state index contributed by atoms with van der Waals surface area (Å²) in [6, 6.07) is -24.4. The summed E-state index contributed by atoms with van der Waals surface area (Å²) in [4.78, 5) is 13.5. The lowest BCUT2D eigenvalue weighted by Gasteiger charge is -2.42. The zero-order chi connectivity index (χ0) is 56.8. The van der Waals surface area contributed by atoms with Gasteiger partial charge in [0.15, 0.2) is 19.7 Å². The fourth-order valence-electron chi connectivity index (χ4n) is 6.74. The highest BCUT2D eigenvalue weighted by Gasteiger charge is 2.46. The van der Waals surface area contributed by atoms with Gasteiger partial charge in [0.05, 0.1) is 48.0 Å². The molecule has 5 heteroatoms. The van der Waals surface area contributed by atoms with E-state index in [2.05, 4.69) is 15.0 Å².